The minimum absolute atomic E-state index is 0.0838. The van der Waals surface area contributed by atoms with Gasteiger partial charge in [0.15, 0.2) is 9.86 Å². The molecule has 10 nitrogen and oxygen atoms in total. The van der Waals surface area contributed by atoms with Gasteiger partial charge in [-0.25, -0.2) is 36.6 Å². The number of aryl methyl sites for hydroxylation is 1. The highest BCUT2D eigenvalue weighted by molar-refractivity contribution is 7.91. The number of H-pyrrole nitrogens is 1. The van der Waals surface area contributed by atoms with Crippen molar-refractivity contribution in [3.8, 4) is 11.3 Å². The molecule has 0 atom stereocenters. The van der Waals surface area contributed by atoms with Crippen LogP contribution in [-0.4, -0.2) is 39.1 Å². The third-order valence-corrected chi connectivity index (χ3v) is 7.05. The second-order valence-electron chi connectivity index (χ2n) is 7.01. The van der Waals surface area contributed by atoms with Crippen molar-refractivity contribution in [1.82, 2.24) is 19.6 Å². The molecule has 0 unspecified atom stereocenters. The van der Waals surface area contributed by atoms with Crippen LogP contribution in [0.15, 0.2) is 45.5 Å². The average molecular weight is 551 g/mol. The first-order chi connectivity index (χ1) is 16.6. The lowest BCUT2D eigenvalue weighted by Crippen LogP contribution is -2.11. The van der Waals surface area contributed by atoms with Gasteiger partial charge in [-0.05, 0) is 25.1 Å². The number of aromatic carboxylic acids is 1. The zero-order chi connectivity index (χ0) is 27.0. The maximum atomic E-state index is 13.2. The fourth-order valence-electron chi connectivity index (χ4n) is 2.93. The number of fused-ring (bicyclic) bond motifs is 1. The summed E-state index contributed by atoms with van der Waals surface area (Å²) in [6.07, 6.45) is -6.64. The van der Waals surface area contributed by atoms with E-state index in [1.54, 1.807) is 0 Å². The lowest BCUT2D eigenvalue weighted by atomic mass is 10.1. The smallest absolute Gasteiger partial charge is 0.416 e. The van der Waals surface area contributed by atoms with E-state index in [0.29, 0.717) is 21.5 Å². The number of thiazole rings is 1. The molecule has 1 aromatic carbocycles. The van der Waals surface area contributed by atoms with Crippen molar-refractivity contribution in [1.29, 1.82) is 0 Å². The van der Waals surface area contributed by atoms with E-state index < -0.39 is 50.3 Å². The van der Waals surface area contributed by atoms with E-state index in [0.717, 1.165) is 36.5 Å². The van der Waals surface area contributed by atoms with Crippen LogP contribution in [0.5, 0.6) is 0 Å². The van der Waals surface area contributed by atoms with E-state index >= 15 is 0 Å². The number of alkyl halides is 5. The number of aromatic amines is 1. The van der Waals surface area contributed by atoms with Crippen LogP contribution in [0.1, 0.15) is 33.7 Å². The lowest BCUT2D eigenvalue weighted by Gasteiger charge is -2.10. The van der Waals surface area contributed by atoms with Gasteiger partial charge in [-0.15, -0.1) is 0 Å². The van der Waals surface area contributed by atoms with Crippen LogP contribution in [0.2, 0.25) is 0 Å². The highest BCUT2D eigenvalue weighted by atomic mass is 32.2. The van der Waals surface area contributed by atoms with Crippen molar-refractivity contribution in [3.05, 3.63) is 68.7 Å². The summed E-state index contributed by atoms with van der Waals surface area (Å²) in [7, 11) is -3.73. The van der Waals surface area contributed by atoms with Crippen molar-refractivity contribution in [2.75, 3.05) is 0 Å². The number of halogens is 5. The van der Waals surface area contributed by atoms with Crippen LogP contribution in [0.3, 0.4) is 0 Å². The summed E-state index contributed by atoms with van der Waals surface area (Å²) in [4.78, 5) is 27.6. The van der Waals surface area contributed by atoms with Crippen LogP contribution >= 0.6 is 11.3 Å². The molecular weight excluding hydrogens is 537 g/mol. The highest BCUT2D eigenvalue weighted by Crippen LogP contribution is 2.32. The summed E-state index contributed by atoms with van der Waals surface area (Å²) >= 11 is 0.597. The van der Waals surface area contributed by atoms with Crippen LogP contribution in [0.4, 0.5) is 22.0 Å². The van der Waals surface area contributed by atoms with E-state index in [2.05, 4.69) is 15.1 Å². The Balaban J connectivity index is 0.000000275. The van der Waals surface area contributed by atoms with Crippen LogP contribution in [0.25, 0.3) is 16.9 Å². The first-order valence-corrected chi connectivity index (χ1v) is 11.8. The van der Waals surface area contributed by atoms with Crippen molar-refractivity contribution in [2.45, 2.75) is 23.7 Å². The minimum atomic E-state index is -4.54. The van der Waals surface area contributed by atoms with E-state index in [1.807, 2.05) is 0 Å². The number of hydrogen-bond acceptors (Lipinski definition) is 7. The highest BCUT2D eigenvalue weighted by Gasteiger charge is 2.30. The van der Waals surface area contributed by atoms with Crippen LogP contribution in [0, 0.1) is 6.92 Å². The van der Waals surface area contributed by atoms with Crippen LogP contribution in [-0.2, 0) is 16.2 Å². The zero-order valence-corrected chi connectivity index (χ0v) is 19.4. The molecule has 3 aromatic heterocycles. The Labute approximate surface area is 201 Å². The standard InChI is InChI=1S/C15H8F5N3O2.C4H6N2O3S2/c16-12(17)11-5-10(7-1-3-8(4-2-7)15(18,19)20)22-13-9(14(24)25)6-21-23(11)13;1-2-3(11(5,8)9)10-4(7)6-2/h1-6,12H,(H,24,25);1H3,(H,6,7)(H2,5,8,9). The number of sulfonamides is 1. The molecule has 4 N–H and O–H groups in total. The molecule has 17 heteroatoms. The Bertz CT molecular complexity index is 1590. The zero-order valence-electron chi connectivity index (χ0n) is 17.7. The molecule has 0 saturated heterocycles. The molecule has 3 heterocycles. The van der Waals surface area contributed by atoms with Gasteiger partial charge in [0.25, 0.3) is 6.43 Å². The number of nitrogens with two attached hydrogens (primary N) is 1. The molecule has 0 amide bonds. The van der Waals surface area contributed by atoms with E-state index in [-0.39, 0.29) is 21.1 Å². The molecule has 0 saturated carbocycles. The van der Waals surface area contributed by atoms with Crippen molar-refractivity contribution in [2.24, 2.45) is 5.14 Å². The predicted octanol–water partition coefficient (Wildman–Crippen LogP) is 3.44. The molecule has 0 aliphatic rings. The molecule has 0 radical (unpaired) electrons. The first-order valence-electron chi connectivity index (χ1n) is 9.40. The summed E-state index contributed by atoms with van der Waals surface area (Å²) in [5.41, 5.74) is -1.89. The molecule has 4 rings (SSSR count). The van der Waals surface area contributed by atoms with Crippen molar-refractivity contribution >= 4 is 33.0 Å². The molecule has 192 valence electrons. The van der Waals surface area contributed by atoms with Gasteiger partial charge in [0, 0.05) is 11.3 Å². The quantitative estimate of drug-likeness (QED) is 0.328. The molecule has 36 heavy (non-hydrogen) atoms. The fraction of sp³-hybridized carbons (Fsp3) is 0.158. The number of benzene rings is 1. The topological polar surface area (TPSA) is 161 Å². The number of carbonyl (C=O) groups is 1. The van der Waals surface area contributed by atoms with E-state index in [4.69, 9.17) is 10.2 Å². The fourth-order valence-corrected chi connectivity index (χ4v) is 4.68. The number of nitrogens with zero attached hydrogens (tertiary/aromatic N) is 3. The second kappa shape index (κ2) is 9.75. The molecule has 4 aromatic rings. The largest absolute Gasteiger partial charge is 0.477 e. The molecule has 0 spiro atoms. The maximum absolute atomic E-state index is 13.2. The van der Waals surface area contributed by atoms with Gasteiger partial charge in [-0.2, -0.15) is 18.3 Å². The predicted molar refractivity (Wildman–Crippen MR) is 116 cm³/mol. The van der Waals surface area contributed by atoms with Gasteiger partial charge in [0.2, 0.25) is 10.0 Å². The number of rotatable bonds is 4. The number of primary sulfonamides is 1. The van der Waals surface area contributed by atoms with Gasteiger partial charge in [-0.1, -0.05) is 23.5 Å². The first kappa shape index (κ1) is 26.9. The summed E-state index contributed by atoms with van der Waals surface area (Å²) in [6.45, 7) is 1.48. The van der Waals surface area contributed by atoms with E-state index in [9.17, 15) is 40.0 Å². The average Bonchev–Trinajstić information content (AvgIpc) is 3.35. The molecule has 0 aliphatic carbocycles. The van der Waals surface area contributed by atoms with Gasteiger partial charge < -0.3 is 10.1 Å². The number of nitrogens with one attached hydrogen (secondary N) is 1. The Kier molecular flexibility index (Phi) is 7.28. The Morgan fingerprint density at radius 3 is 2.25 bits per heavy atom. The van der Waals surface area contributed by atoms with Crippen LogP contribution < -0.4 is 10.0 Å². The summed E-state index contributed by atoms with van der Waals surface area (Å²) in [5.74, 6) is -1.41. The number of carboxylic acid groups (broad SMARTS) is 1. The molecular formula is C19H14F5N5O5S2. The minimum Gasteiger partial charge on any atom is -0.477 e. The number of aromatic nitrogens is 4. The molecule has 0 bridgehead atoms. The third kappa shape index (κ3) is 5.74. The lowest BCUT2D eigenvalue weighted by molar-refractivity contribution is -0.137. The summed E-state index contributed by atoms with van der Waals surface area (Å²) in [6, 6.07) is 4.69. The van der Waals surface area contributed by atoms with E-state index in [1.165, 1.54) is 6.92 Å². The van der Waals surface area contributed by atoms with Crippen molar-refractivity contribution < 1.29 is 40.3 Å². The molecule has 0 aliphatic heterocycles. The Morgan fingerprint density at radius 1 is 1.22 bits per heavy atom. The van der Waals surface area contributed by atoms with Gasteiger partial charge in [0.1, 0.15) is 11.3 Å². The third-order valence-electron chi connectivity index (χ3n) is 4.50. The number of hydrogen-bond donors (Lipinski definition) is 3. The van der Waals surface area contributed by atoms with Crippen molar-refractivity contribution in [3.63, 3.8) is 0 Å². The summed E-state index contributed by atoms with van der Waals surface area (Å²) < 4.78 is 86.3. The second-order valence-corrected chi connectivity index (χ2v) is 9.75. The Morgan fingerprint density at radius 2 is 1.83 bits per heavy atom. The Hall–Kier alpha value is -3.70. The number of carboxylic acids is 1. The normalized spacial score (nSPS) is 12.0. The SMILES string of the molecule is Cc1[nH]c(=O)sc1S(N)(=O)=O.O=C(O)c1cnn2c(C(F)F)cc(-c3ccc(C(F)(F)F)cc3)nc12. The van der Waals surface area contributed by atoms with Gasteiger partial charge in [-0.3, -0.25) is 4.79 Å². The van der Waals surface area contributed by atoms with Gasteiger partial charge >= 0.3 is 17.0 Å². The maximum Gasteiger partial charge on any atom is 0.416 e. The summed E-state index contributed by atoms with van der Waals surface area (Å²) in [5, 5.41) is 17.5. The monoisotopic (exact) mass is 551 g/mol. The molecule has 0 fully saturated rings. The van der Waals surface area contributed by atoms with Gasteiger partial charge in [0.05, 0.1) is 17.5 Å².